The molecule has 3 aromatic rings. The standard InChI is InChI=1S/C16H13N3O3S/c20-11-7-4-8-12(21)14(11)15(22)17-9-13-18-19-16(23-13)10-5-2-1-3-6-10/h1-8,20-21H,9H2,(H,17,22). The minimum Gasteiger partial charge on any atom is -0.507 e. The molecule has 0 spiro atoms. The summed E-state index contributed by atoms with van der Waals surface area (Å²) < 4.78 is 0. The van der Waals surface area contributed by atoms with Crippen LogP contribution in [0.5, 0.6) is 11.5 Å². The number of nitrogens with one attached hydrogen (secondary N) is 1. The summed E-state index contributed by atoms with van der Waals surface area (Å²) in [6.45, 7) is 0.164. The first-order chi connectivity index (χ1) is 11.1. The summed E-state index contributed by atoms with van der Waals surface area (Å²) in [4.78, 5) is 12.1. The minimum atomic E-state index is -0.572. The van der Waals surface area contributed by atoms with Gasteiger partial charge in [-0.3, -0.25) is 4.79 Å². The van der Waals surface area contributed by atoms with E-state index < -0.39 is 5.91 Å². The molecule has 2 aromatic carbocycles. The number of phenolic OH excluding ortho intramolecular Hbond substituents is 2. The third-order valence-corrected chi connectivity index (χ3v) is 4.11. The van der Waals surface area contributed by atoms with Crippen LogP contribution in [-0.4, -0.2) is 26.3 Å². The molecule has 0 aliphatic heterocycles. The van der Waals surface area contributed by atoms with E-state index in [4.69, 9.17) is 0 Å². The Bertz CT molecular complexity index is 813. The van der Waals surface area contributed by atoms with Crippen LogP contribution >= 0.6 is 11.3 Å². The van der Waals surface area contributed by atoms with Crippen LogP contribution in [0.3, 0.4) is 0 Å². The van der Waals surface area contributed by atoms with Crippen LogP contribution < -0.4 is 5.32 Å². The molecule has 0 aliphatic rings. The largest absolute Gasteiger partial charge is 0.507 e. The fraction of sp³-hybridized carbons (Fsp3) is 0.0625. The molecule has 3 rings (SSSR count). The smallest absolute Gasteiger partial charge is 0.259 e. The van der Waals surface area contributed by atoms with Gasteiger partial charge in [-0.2, -0.15) is 0 Å². The summed E-state index contributed by atoms with van der Waals surface area (Å²) in [5.41, 5.74) is 0.807. The predicted octanol–water partition coefficient (Wildman–Crippen LogP) is 2.55. The highest BCUT2D eigenvalue weighted by Crippen LogP contribution is 2.26. The number of benzene rings is 2. The zero-order valence-corrected chi connectivity index (χ0v) is 12.7. The van der Waals surface area contributed by atoms with Gasteiger partial charge < -0.3 is 15.5 Å². The van der Waals surface area contributed by atoms with Crippen molar-refractivity contribution in [2.45, 2.75) is 6.54 Å². The van der Waals surface area contributed by atoms with Gasteiger partial charge in [-0.1, -0.05) is 47.7 Å². The Hall–Kier alpha value is -2.93. The van der Waals surface area contributed by atoms with E-state index in [1.807, 2.05) is 30.3 Å². The van der Waals surface area contributed by atoms with Crippen molar-refractivity contribution in [1.29, 1.82) is 0 Å². The zero-order valence-electron chi connectivity index (χ0n) is 11.9. The molecule has 0 saturated carbocycles. The summed E-state index contributed by atoms with van der Waals surface area (Å²) in [6.07, 6.45) is 0. The average Bonchev–Trinajstić information content (AvgIpc) is 3.02. The van der Waals surface area contributed by atoms with Crippen molar-refractivity contribution in [2.75, 3.05) is 0 Å². The van der Waals surface area contributed by atoms with E-state index in [0.717, 1.165) is 10.6 Å². The number of aromatic nitrogens is 2. The fourth-order valence-corrected chi connectivity index (χ4v) is 2.81. The maximum Gasteiger partial charge on any atom is 0.259 e. The van der Waals surface area contributed by atoms with Crippen LogP contribution in [-0.2, 0) is 6.54 Å². The van der Waals surface area contributed by atoms with Crippen molar-refractivity contribution in [1.82, 2.24) is 15.5 Å². The van der Waals surface area contributed by atoms with Crippen LogP contribution in [0, 0.1) is 0 Å². The first-order valence-corrected chi connectivity index (χ1v) is 7.64. The fourth-order valence-electron chi connectivity index (χ4n) is 2.03. The van der Waals surface area contributed by atoms with Crippen LogP contribution in [0.4, 0.5) is 0 Å². The van der Waals surface area contributed by atoms with Crippen LogP contribution in [0.2, 0.25) is 0 Å². The first-order valence-electron chi connectivity index (χ1n) is 6.82. The van der Waals surface area contributed by atoms with Gasteiger partial charge in [-0.05, 0) is 12.1 Å². The van der Waals surface area contributed by atoms with Crippen molar-refractivity contribution in [3.05, 3.63) is 59.1 Å². The summed E-state index contributed by atoms with van der Waals surface area (Å²) in [7, 11) is 0. The molecule has 7 heteroatoms. The molecule has 6 nitrogen and oxygen atoms in total. The molecular formula is C16H13N3O3S. The number of aromatic hydroxyl groups is 2. The number of nitrogens with zero attached hydrogens (tertiary/aromatic N) is 2. The molecule has 1 amide bonds. The number of hydrogen-bond donors (Lipinski definition) is 3. The Morgan fingerprint density at radius 1 is 1.00 bits per heavy atom. The van der Waals surface area contributed by atoms with Crippen LogP contribution in [0.25, 0.3) is 10.6 Å². The second-order valence-electron chi connectivity index (χ2n) is 4.72. The van der Waals surface area contributed by atoms with Gasteiger partial charge in [0.25, 0.3) is 5.91 Å². The molecule has 116 valence electrons. The van der Waals surface area contributed by atoms with Gasteiger partial charge in [0.15, 0.2) is 0 Å². The van der Waals surface area contributed by atoms with Gasteiger partial charge in [0.1, 0.15) is 27.1 Å². The molecule has 3 N–H and O–H groups in total. The lowest BCUT2D eigenvalue weighted by Crippen LogP contribution is -2.22. The molecule has 0 bridgehead atoms. The Balaban J connectivity index is 1.70. The number of carbonyl (C=O) groups is 1. The van der Waals surface area contributed by atoms with Crippen LogP contribution in [0.15, 0.2) is 48.5 Å². The lowest BCUT2D eigenvalue weighted by molar-refractivity contribution is 0.0945. The predicted molar refractivity (Wildman–Crippen MR) is 86.3 cm³/mol. The van der Waals surface area contributed by atoms with Gasteiger partial charge in [0.05, 0.1) is 6.54 Å². The maximum absolute atomic E-state index is 12.1. The highest BCUT2D eigenvalue weighted by molar-refractivity contribution is 7.14. The van der Waals surface area contributed by atoms with E-state index in [1.165, 1.54) is 29.5 Å². The average molecular weight is 327 g/mol. The summed E-state index contributed by atoms with van der Waals surface area (Å²) in [5, 5.41) is 31.5. The monoisotopic (exact) mass is 327 g/mol. The van der Waals surface area contributed by atoms with E-state index in [2.05, 4.69) is 15.5 Å². The summed E-state index contributed by atoms with van der Waals surface area (Å²) in [5.74, 6) is -1.12. The van der Waals surface area contributed by atoms with Crippen molar-refractivity contribution in [2.24, 2.45) is 0 Å². The number of hydrogen-bond acceptors (Lipinski definition) is 6. The minimum absolute atomic E-state index is 0.153. The van der Waals surface area contributed by atoms with Crippen molar-refractivity contribution in [3.8, 4) is 22.1 Å². The molecule has 1 aromatic heterocycles. The molecule has 0 atom stereocenters. The van der Waals surface area contributed by atoms with Crippen molar-refractivity contribution >= 4 is 17.2 Å². The highest BCUT2D eigenvalue weighted by Gasteiger charge is 2.16. The summed E-state index contributed by atoms with van der Waals surface area (Å²) in [6, 6.07) is 13.8. The SMILES string of the molecule is O=C(NCc1nnc(-c2ccccc2)s1)c1c(O)cccc1O. The number of carbonyl (C=O) groups excluding carboxylic acids is 1. The molecular weight excluding hydrogens is 314 g/mol. The highest BCUT2D eigenvalue weighted by atomic mass is 32.1. The van der Waals surface area contributed by atoms with E-state index in [-0.39, 0.29) is 23.6 Å². The Morgan fingerprint density at radius 2 is 1.70 bits per heavy atom. The second-order valence-corrected chi connectivity index (χ2v) is 5.78. The van der Waals surface area contributed by atoms with E-state index >= 15 is 0 Å². The van der Waals surface area contributed by atoms with Gasteiger partial charge in [-0.15, -0.1) is 10.2 Å². The first kappa shape index (κ1) is 15.0. The Morgan fingerprint density at radius 3 is 2.39 bits per heavy atom. The number of amides is 1. The molecule has 1 heterocycles. The Labute approximate surface area is 136 Å². The quantitative estimate of drug-likeness (QED) is 0.684. The molecule has 0 fully saturated rings. The zero-order chi connectivity index (χ0) is 16.2. The number of phenols is 2. The summed E-state index contributed by atoms with van der Waals surface area (Å²) >= 11 is 1.37. The van der Waals surface area contributed by atoms with E-state index in [0.29, 0.717) is 5.01 Å². The van der Waals surface area contributed by atoms with Crippen LogP contribution in [0.1, 0.15) is 15.4 Å². The maximum atomic E-state index is 12.1. The topological polar surface area (TPSA) is 95.3 Å². The van der Waals surface area contributed by atoms with E-state index in [1.54, 1.807) is 0 Å². The molecule has 0 radical (unpaired) electrons. The molecule has 0 unspecified atom stereocenters. The van der Waals surface area contributed by atoms with Gasteiger partial charge >= 0.3 is 0 Å². The van der Waals surface area contributed by atoms with Gasteiger partial charge in [-0.25, -0.2) is 0 Å². The second kappa shape index (κ2) is 6.45. The third-order valence-electron chi connectivity index (χ3n) is 3.14. The number of rotatable bonds is 4. The lowest BCUT2D eigenvalue weighted by atomic mass is 10.1. The van der Waals surface area contributed by atoms with Gasteiger partial charge in [0, 0.05) is 5.56 Å². The third kappa shape index (κ3) is 3.29. The van der Waals surface area contributed by atoms with E-state index in [9.17, 15) is 15.0 Å². The molecule has 0 aliphatic carbocycles. The van der Waals surface area contributed by atoms with Crippen molar-refractivity contribution in [3.63, 3.8) is 0 Å². The lowest BCUT2D eigenvalue weighted by Gasteiger charge is -2.06. The normalized spacial score (nSPS) is 10.4. The Kier molecular flexibility index (Phi) is 4.20. The molecule has 0 saturated heterocycles. The van der Waals surface area contributed by atoms with Crippen molar-refractivity contribution < 1.29 is 15.0 Å². The van der Waals surface area contributed by atoms with Gasteiger partial charge in [0.2, 0.25) is 0 Å². The molecule has 23 heavy (non-hydrogen) atoms.